The number of nitrogens with one attached hydrogen (secondary N) is 3. The molecule has 1 aromatic rings. The third-order valence-electron chi connectivity index (χ3n) is 3.94. The van der Waals surface area contributed by atoms with E-state index in [0.29, 0.717) is 18.0 Å². The Balaban J connectivity index is 0.00000729. The number of hydrogen-bond acceptors (Lipinski definition) is 5. The summed E-state index contributed by atoms with van der Waals surface area (Å²) in [4.78, 5) is 23.5. The van der Waals surface area contributed by atoms with Gasteiger partial charge in [0.05, 0.1) is 10.9 Å². The Morgan fingerprint density at radius 2 is 1.68 bits per heavy atom. The summed E-state index contributed by atoms with van der Waals surface area (Å²) in [6.45, 7) is 8.98. The van der Waals surface area contributed by atoms with Crippen molar-refractivity contribution in [1.29, 1.82) is 0 Å². The van der Waals surface area contributed by atoms with Crippen LogP contribution in [0, 0.1) is 5.92 Å². The number of nitrogens with two attached hydrogens (primary N) is 1. The molecule has 0 fully saturated rings. The predicted molar refractivity (Wildman–Crippen MR) is 113 cm³/mol. The van der Waals surface area contributed by atoms with Crippen molar-refractivity contribution >= 4 is 39.9 Å². The second-order valence-corrected chi connectivity index (χ2v) is 9.11. The van der Waals surface area contributed by atoms with Crippen molar-refractivity contribution in [1.82, 2.24) is 10.0 Å². The average molecular weight is 435 g/mol. The van der Waals surface area contributed by atoms with Crippen LogP contribution in [0.4, 0.5) is 5.69 Å². The summed E-state index contributed by atoms with van der Waals surface area (Å²) >= 11 is 0. The second kappa shape index (κ2) is 10.8. The van der Waals surface area contributed by atoms with E-state index in [0.717, 1.165) is 0 Å². The summed E-state index contributed by atoms with van der Waals surface area (Å²) < 4.78 is 27.3. The van der Waals surface area contributed by atoms with Crippen LogP contribution < -0.4 is 21.1 Å². The van der Waals surface area contributed by atoms with Gasteiger partial charge >= 0.3 is 0 Å². The first-order chi connectivity index (χ1) is 12.4. The van der Waals surface area contributed by atoms with Crippen LogP contribution in [0.25, 0.3) is 0 Å². The van der Waals surface area contributed by atoms with E-state index in [1.807, 2.05) is 20.8 Å². The monoisotopic (exact) mass is 434 g/mol. The predicted octanol–water partition coefficient (Wildman–Crippen LogP) is 1.61. The number of carbonyl (C=O) groups excluding carboxylic acids is 2. The maximum Gasteiger partial charge on any atom is 0.241 e. The number of halogens is 1. The summed E-state index contributed by atoms with van der Waals surface area (Å²) in [6.07, 6.45) is 0.680. The Kier molecular flexibility index (Phi) is 10.1. The first-order valence-electron chi connectivity index (χ1n) is 8.80. The Labute approximate surface area is 173 Å². The quantitative estimate of drug-likeness (QED) is 0.469. The number of amides is 2. The number of carbonyl (C=O) groups is 2. The lowest BCUT2D eigenvalue weighted by molar-refractivity contribution is -0.124. The third-order valence-corrected chi connectivity index (χ3v) is 5.50. The van der Waals surface area contributed by atoms with E-state index in [1.54, 1.807) is 0 Å². The fourth-order valence-electron chi connectivity index (χ4n) is 2.77. The topological polar surface area (TPSA) is 130 Å². The summed E-state index contributed by atoms with van der Waals surface area (Å²) in [5.74, 6) is -0.367. The van der Waals surface area contributed by atoms with Gasteiger partial charge in [-0.25, -0.2) is 8.42 Å². The molecule has 0 spiro atoms. The molecule has 0 aliphatic carbocycles. The minimum atomic E-state index is -3.89. The van der Waals surface area contributed by atoms with Crippen molar-refractivity contribution in [2.24, 2.45) is 11.7 Å². The van der Waals surface area contributed by atoms with Gasteiger partial charge in [-0.3, -0.25) is 9.59 Å². The molecular formula is C18H31ClN4O4S. The molecule has 28 heavy (non-hydrogen) atoms. The summed E-state index contributed by atoms with van der Waals surface area (Å²) in [7, 11) is -3.89. The minimum absolute atomic E-state index is 0. The summed E-state index contributed by atoms with van der Waals surface area (Å²) in [6, 6.07) is 4.72. The van der Waals surface area contributed by atoms with Crippen LogP contribution in [-0.4, -0.2) is 38.4 Å². The van der Waals surface area contributed by atoms with Crippen molar-refractivity contribution in [3.63, 3.8) is 0 Å². The number of rotatable bonds is 9. The van der Waals surface area contributed by atoms with Crippen molar-refractivity contribution in [3.8, 4) is 0 Å². The Morgan fingerprint density at radius 1 is 1.14 bits per heavy atom. The van der Waals surface area contributed by atoms with E-state index in [-0.39, 0.29) is 29.8 Å². The van der Waals surface area contributed by atoms with Gasteiger partial charge in [0.25, 0.3) is 0 Å². The van der Waals surface area contributed by atoms with E-state index >= 15 is 0 Å². The molecule has 10 heteroatoms. The molecule has 0 saturated heterocycles. The molecule has 0 bridgehead atoms. The molecule has 1 aromatic carbocycles. The van der Waals surface area contributed by atoms with Gasteiger partial charge in [0, 0.05) is 24.7 Å². The van der Waals surface area contributed by atoms with Crippen molar-refractivity contribution in [3.05, 3.63) is 24.3 Å². The molecule has 2 atom stereocenters. The van der Waals surface area contributed by atoms with Crippen LogP contribution >= 0.6 is 12.4 Å². The van der Waals surface area contributed by atoms with Crippen molar-refractivity contribution < 1.29 is 18.0 Å². The lowest BCUT2D eigenvalue weighted by Gasteiger charge is -2.32. The van der Waals surface area contributed by atoms with Gasteiger partial charge in [-0.15, -0.1) is 12.4 Å². The van der Waals surface area contributed by atoms with Crippen molar-refractivity contribution in [2.45, 2.75) is 57.5 Å². The van der Waals surface area contributed by atoms with E-state index in [4.69, 9.17) is 5.73 Å². The van der Waals surface area contributed by atoms with Crippen LogP contribution in [0.5, 0.6) is 0 Å². The molecule has 160 valence electrons. The molecular weight excluding hydrogens is 404 g/mol. The van der Waals surface area contributed by atoms with Gasteiger partial charge in [-0.2, -0.15) is 4.72 Å². The molecule has 0 aromatic heterocycles. The highest BCUT2D eigenvalue weighted by molar-refractivity contribution is 7.89. The largest absolute Gasteiger partial charge is 0.348 e. The molecule has 0 heterocycles. The van der Waals surface area contributed by atoms with Crippen LogP contribution in [0.15, 0.2) is 29.2 Å². The maximum atomic E-state index is 12.5. The molecule has 5 N–H and O–H groups in total. The second-order valence-electron chi connectivity index (χ2n) is 7.40. The Bertz CT molecular complexity index is 768. The van der Waals surface area contributed by atoms with E-state index in [1.165, 1.54) is 38.1 Å². The highest BCUT2D eigenvalue weighted by Gasteiger charge is 2.29. The highest BCUT2D eigenvalue weighted by Crippen LogP contribution is 2.17. The summed E-state index contributed by atoms with van der Waals surface area (Å²) in [5, 5.41) is 5.40. The minimum Gasteiger partial charge on any atom is -0.348 e. The van der Waals surface area contributed by atoms with Gasteiger partial charge in [0.1, 0.15) is 0 Å². The number of hydrogen-bond donors (Lipinski definition) is 4. The molecule has 2 amide bonds. The first kappa shape index (κ1) is 26.3. The van der Waals surface area contributed by atoms with Crippen LogP contribution in [-0.2, 0) is 19.6 Å². The lowest BCUT2D eigenvalue weighted by atomic mass is 9.90. The molecule has 0 saturated carbocycles. The fourth-order valence-corrected chi connectivity index (χ4v) is 3.97. The molecule has 2 unspecified atom stereocenters. The Hall–Kier alpha value is -1.68. The van der Waals surface area contributed by atoms with E-state index in [9.17, 15) is 18.0 Å². The average Bonchev–Trinajstić information content (AvgIpc) is 2.53. The highest BCUT2D eigenvalue weighted by atomic mass is 35.5. The standard InChI is InChI=1S/C18H30N4O4S.ClH/c1-12(2)10-18(5,11-19)21-17(24)13(3)22-27(25,26)16-8-6-15(7-9-16)20-14(4)23;/h6-9,12-13,22H,10-11,19H2,1-5H3,(H,20,23)(H,21,24);1H. The maximum absolute atomic E-state index is 12.5. The fraction of sp³-hybridized carbons (Fsp3) is 0.556. The third kappa shape index (κ3) is 8.14. The zero-order valence-electron chi connectivity index (χ0n) is 16.9. The molecule has 0 aliphatic rings. The van der Waals surface area contributed by atoms with Gasteiger partial charge in [-0.1, -0.05) is 13.8 Å². The van der Waals surface area contributed by atoms with Crippen molar-refractivity contribution in [2.75, 3.05) is 11.9 Å². The van der Waals surface area contributed by atoms with E-state index in [2.05, 4.69) is 15.4 Å². The zero-order valence-corrected chi connectivity index (χ0v) is 18.5. The SMILES string of the molecule is CC(=O)Nc1ccc(S(=O)(=O)NC(C)C(=O)NC(C)(CN)CC(C)C)cc1.Cl. The van der Waals surface area contributed by atoms with Gasteiger partial charge in [-0.05, 0) is 50.5 Å². The lowest BCUT2D eigenvalue weighted by Crippen LogP contribution is -2.57. The van der Waals surface area contributed by atoms with Gasteiger partial charge in [0.15, 0.2) is 0 Å². The van der Waals surface area contributed by atoms with Crippen LogP contribution in [0.3, 0.4) is 0 Å². The Morgan fingerprint density at radius 3 is 2.11 bits per heavy atom. The normalized spacial score (nSPS) is 14.5. The number of benzene rings is 1. The first-order valence-corrected chi connectivity index (χ1v) is 10.3. The summed E-state index contributed by atoms with van der Waals surface area (Å²) in [5.41, 5.74) is 5.67. The van der Waals surface area contributed by atoms with Crippen LogP contribution in [0.2, 0.25) is 0 Å². The molecule has 8 nitrogen and oxygen atoms in total. The van der Waals surface area contributed by atoms with Gasteiger partial charge < -0.3 is 16.4 Å². The molecule has 0 aliphatic heterocycles. The van der Waals surface area contributed by atoms with E-state index < -0.39 is 27.5 Å². The number of sulfonamides is 1. The van der Waals surface area contributed by atoms with Crippen LogP contribution in [0.1, 0.15) is 41.0 Å². The molecule has 1 rings (SSSR count). The molecule has 0 radical (unpaired) electrons. The zero-order chi connectivity index (χ0) is 20.8. The number of anilines is 1. The smallest absolute Gasteiger partial charge is 0.241 e. The van der Waals surface area contributed by atoms with Gasteiger partial charge in [0.2, 0.25) is 21.8 Å².